The van der Waals surface area contributed by atoms with Gasteiger partial charge in [0.05, 0.1) is 25.1 Å². The lowest BCUT2D eigenvalue weighted by atomic mass is 10.3. The van der Waals surface area contributed by atoms with Crippen molar-refractivity contribution in [2.24, 2.45) is 0 Å². The zero-order valence-electron chi connectivity index (χ0n) is 13.9. The molecule has 1 aromatic carbocycles. The first kappa shape index (κ1) is 17.2. The molecule has 0 aliphatic carbocycles. The minimum absolute atomic E-state index is 0.304. The summed E-state index contributed by atoms with van der Waals surface area (Å²) in [6, 6.07) is 9.34. The highest BCUT2D eigenvalue weighted by molar-refractivity contribution is 5.93. The van der Waals surface area contributed by atoms with Gasteiger partial charge in [0.15, 0.2) is 6.10 Å². The molecule has 1 fully saturated rings. The summed E-state index contributed by atoms with van der Waals surface area (Å²) in [6.07, 6.45) is 0.946. The highest BCUT2D eigenvalue weighted by Gasteiger charge is 2.16. The van der Waals surface area contributed by atoms with Crippen molar-refractivity contribution in [3.63, 3.8) is 0 Å². The molecular formula is C18H20FN3O3. The van der Waals surface area contributed by atoms with Gasteiger partial charge in [-0.1, -0.05) is 6.07 Å². The Balaban J connectivity index is 1.56. The van der Waals surface area contributed by atoms with Crippen LogP contribution in [0.1, 0.15) is 6.92 Å². The van der Waals surface area contributed by atoms with Crippen LogP contribution in [0.5, 0.6) is 5.75 Å². The maximum absolute atomic E-state index is 13.2. The first-order valence-electron chi connectivity index (χ1n) is 8.13. The summed E-state index contributed by atoms with van der Waals surface area (Å²) in [5.74, 6) is -0.0173. The fraction of sp³-hybridized carbons (Fsp3) is 0.333. The van der Waals surface area contributed by atoms with Gasteiger partial charge < -0.3 is 19.7 Å². The molecule has 3 rings (SSSR count). The predicted molar refractivity (Wildman–Crippen MR) is 92.4 cm³/mol. The van der Waals surface area contributed by atoms with Crippen molar-refractivity contribution in [2.75, 3.05) is 36.5 Å². The Hall–Kier alpha value is -2.67. The van der Waals surface area contributed by atoms with Gasteiger partial charge in [-0.15, -0.1) is 0 Å². The van der Waals surface area contributed by atoms with Crippen LogP contribution in [-0.4, -0.2) is 43.3 Å². The van der Waals surface area contributed by atoms with E-state index in [0.29, 0.717) is 24.8 Å². The van der Waals surface area contributed by atoms with Gasteiger partial charge in [0.1, 0.15) is 17.4 Å². The van der Waals surface area contributed by atoms with Crippen LogP contribution in [0.2, 0.25) is 0 Å². The third-order valence-corrected chi connectivity index (χ3v) is 3.85. The minimum atomic E-state index is -0.775. The van der Waals surface area contributed by atoms with Crippen LogP contribution in [0.4, 0.5) is 15.9 Å². The highest BCUT2D eigenvalue weighted by atomic mass is 19.1. The van der Waals surface area contributed by atoms with Crippen LogP contribution < -0.4 is 15.0 Å². The summed E-state index contributed by atoms with van der Waals surface area (Å²) >= 11 is 0. The van der Waals surface area contributed by atoms with Crippen molar-refractivity contribution in [1.29, 1.82) is 0 Å². The van der Waals surface area contributed by atoms with E-state index in [9.17, 15) is 9.18 Å². The van der Waals surface area contributed by atoms with Gasteiger partial charge in [-0.25, -0.2) is 9.37 Å². The largest absolute Gasteiger partial charge is 0.481 e. The number of aromatic nitrogens is 1. The van der Waals surface area contributed by atoms with E-state index in [2.05, 4.69) is 15.2 Å². The normalized spacial score (nSPS) is 15.5. The summed E-state index contributed by atoms with van der Waals surface area (Å²) in [7, 11) is 0. The lowest BCUT2D eigenvalue weighted by Gasteiger charge is -2.28. The van der Waals surface area contributed by atoms with Crippen molar-refractivity contribution in [3.05, 3.63) is 48.4 Å². The molecule has 1 saturated heterocycles. The fourth-order valence-corrected chi connectivity index (χ4v) is 2.49. The number of anilines is 2. The van der Waals surface area contributed by atoms with Gasteiger partial charge >= 0.3 is 0 Å². The Morgan fingerprint density at radius 2 is 2.12 bits per heavy atom. The van der Waals surface area contributed by atoms with Crippen LogP contribution in [0.15, 0.2) is 42.6 Å². The minimum Gasteiger partial charge on any atom is -0.481 e. The maximum Gasteiger partial charge on any atom is 0.266 e. The van der Waals surface area contributed by atoms with Gasteiger partial charge in [-0.3, -0.25) is 4.79 Å². The SMILES string of the molecule is CC(Oc1cccc(F)c1)C(=O)Nc1ccc(N2CCOCC2)cn1. The fourth-order valence-electron chi connectivity index (χ4n) is 2.49. The number of rotatable bonds is 5. The van der Waals surface area contributed by atoms with Crippen molar-refractivity contribution in [2.45, 2.75) is 13.0 Å². The lowest BCUT2D eigenvalue weighted by molar-refractivity contribution is -0.122. The number of morpholine rings is 1. The zero-order chi connectivity index (χ0) is 17.6. The number of nitrogens with zero attached hydrogens (tertiary/aromatic N) is 2. The third-order valence-electron chi connectivity index (χ3n) is 3.85. The average molecular weight is 345 g/mol. The molecule has 0 spiro atoms. The lowest BCUT2D eigenvalue weighted by Crippen LogP contribution is -2.36. The van der Waals surface area contributed by atoms with Gasteiger partial charge in [0.2, 0.25) is 0 Å². The van der Waals surface area contributed by atoms with Gasteiger partial charge in [-0.05, 0) is 31.2 Å². The molecule has 1 aliphatic heterocycles. The molecule has 1 N–H and O–H groups in total. The topological polar surface area (TPSA) is 63.7 Å². The molecule has 1 aromatic heterocycles. The van der Waals surface area contributed by atoms with E-state index in [1.165, 1.54) is 18.2 Å². The van der Waals surface area contributed by atoms with Gasteiger partial charge in [0.25, 0.3) is 5.91 Å². The second-order valence-corrected chi connectivity index (χ2v) is 5.71. The van der Waals surface area contributed by atoms with Gasteiger partial charge in [0, 0.05) is 19.2 Å². The van der Waals surface area contributed by atoms with Crippen LogP contribution in [0, 0.1) is 5.82 Å². The molecule has 1 aliphatic rings. The maximum atomic E-state index is 13.2. The van der Waals surface area contributed by atoms with Crippen molar-refractivity contribution in [3.8, 4) is 5.75 Å². The standard InChI is InChI=1S/C18H20FN3O3/c1-13(25-16-4-2-3-14(19)11-16)18(23)21-17-6-5-15(12-20-17)22-7-9-24-10-8-22/h2-6,11-13H,7-10H2,1H3,(H,20,21,23). The smallest absolute Gasteiger partial charge is 0.266 e. The number of nitrogens with one attached hydrogen (secondary N) is 1. The summed E-state index contributed by atoms with van der Waals surface area (Å²) in [4.78, 5) is 18.6. The molecule has 1 amide bonds. The summed E-state index contributed by atoms with van der Waals surface area (Å²) in [5, 5.41) is 2.69. The number of hydrogen-bond acceptors (Lipinski definition) is 5. The number of carbonyl (C=O) groups is 1. The molecule has 132 valence electrons. The molecule has 0 bridgehead atoms. The quantitative estimate of drug-likeness (QED) is 0.902. The van der Waals surface area contributed by atoms with Crippen LogP contribution >= 0.6 is 0 Å². The molecule has 2 aromatic rings. The zero-order valence-corrected chi connectivity index (χ0v) is 13.9. The molecule has 7 heteroatoms. The van der Waals surface area contributed by atoms with Crippen LogP contribution in [-0.2, 0) is 9.53 Å². The first-order chi connectivity index (χ1) is 12.1. The summed E-state index contributed by atoms with van der Waals surface area (Å²) in [5.41, 5.74) is 0.991. The number of carbonyl (C=O) groups excluding carboxylic acids is 1. The number of ether oxygens (including phenoxy) is 2. The molecule has 1 atom stereocenters. The van der Waals surface area contributed by atoms with E-state index in [4.69, 9.17) is 9.47 Å². The summed E-state index contributed by atoms with van der Waals surface area (Å²) < 4.78 is 23.9. The second kappa shape index (κ2) is 7.94. The number of pyridine rings is 1. The number of amides is 1. The van der Waals surface area contributed by atoms with Crippen molar-refractivity contribution in [1.82, 2.24) is 4.98 Å². The van der Waals surface area contributed by atoms with E-state index in [1.807, 2.05) is 6.07 Å². The highest BCUT2D eigenvalue weighted by Crippen LogP contribution is 2.17. The van der Waals surface area contributed by atoms with E-state index in [1.54, 1.807) is 25.3 Å². The van der Waals surface area contributed by atoms with Crippen LogP contribution in [0.3, 0.4) is 0 Å². The molecule has 2 heterocycles. The molecule has 6 nitrogen and oxygen atoms in total. The Morgan fingerprint density at radius 3 is 2.80 bits per heavy atom. The number of hydrogen-bond donors (Lipinski definition) is 1. The third kappa shape index (κ3) is 4.67. The number of benzene rings is 1. The van der Waals surface area contributed by atoms with E-state index >= 15 is 0 Å². The first-order valence-corrected chi connectivity index (χ1v) is 8.13. The monoisotopic (exact) mass is 345 g/mol. The Kier molecular flexibility index (Phi) is 5.45. The Morgan fingerprint density at radius 1 is 1.32 bits per heavy atom. The van der Waals surface area contributed by atoms with Gasteiger partial charge in [-0.2, -0.15) is 0 Å². The van der Waals surface area contributed by atoms with E-state index in [-0.39, 0.29) is 5.91 Å². The van der Waals surface area contributed by atoms with Crippen molar-refractivity contribution >= 4 is 17.4 Å². The molecule has 0 saturated carbocycles. The summed E-state index contributed by atoms with van der Waals surface area (Å²) in [6.45, 7) is 4.65. The number of halogens is 1. The second-order valence-electron chi connectivity index (χ2n) is 5.71. The molecule has 25 heavy (non-hydrogen) atoms. The average Bonchev–Trinajstić information content (AvgIpc) is 2.63. The van der Waals surface area contributed by atoms with Crippen molar-refractivity contribution < 1.29 is 18.7 Å². The Bertz CT molecular complexity index is 718. The van der Waals surface area contributed by atoms with E-state index < -0.39 is 11.9 Å². The molecule has 1 unspecified atom stereocenters. The molecular weight excluding hydrogens is 325 g/mol. The predicted octanol–water partition coefficient (Wildman–Crippen LogP) is 2.46. The van der Waals surface area contributed by atoms with Crippen LogP contribution in [0.25, 0.3) is 0 Å². The Labute approximate surface area is 145 Å². The van der Waals surface area contributed by atoms with E-state index in [0.717, 1.165) is 18.8 Å². The molecule has 0 radical (unpaired) electrons.